The van der Waals surface area contributed by atoms with Crippen LogP contribution in [0.4, 0.5) is 11.4 Å². The molecule has 2 aromatic carbocycles. The van der Waals surface area contributed by atoms with Crippen molar-refractivity contribution in [2.24, 2.45) is 0 Å². The Morgan fingerprint density at radius 1 is 1.32 bits per heavy atom. The van der Waals surface area contributed by atoms with E-state index in [0.29, 0.717) is 16.3 Å². The lowest BCUT2D eigenvalue weighted by molar-refractivity contribution is -0.384. The highest BCUT2D eigenvalue weighted by Gasteiger charge is 2.29. The Bertz CT molecular complexity index is 751. The number of nitrogens with one attached hydrogen (secondary N) is 1. The maximum absolute atomic E-state index is 11.9. The van der Waals surface area contributed by atoms with E-state index < -0.39 is 23.0 Å². The Kier molecular flexibility index (Phi) is 6.32. The Morgan fingerprint density at radius 2 is 2.00 bits per heavy atom. The maximum Gasteiger partial charge on any atom is 0.337 e. The quantitative estimate of drug-likeness (QED) is 0.444. The van der Waals surface area contributed by atoms with Crippen LogP contribution in [0.15, 0.2) is 48.5 Å². The topological polar surface area (TPSA) is 102 Å². The number of ether oxygens (including phenoxy) is 1. The molecule has 0 saturated carbocycles. The zero-order valence-corrected chi connectivity index (χ0v) is 14.1. The molecule has 2 aromatic rings. The maximum atomic E-state index is 11.9. The normalized spacial score (nSPS) is 12.9. The molecular weight excluding hydrogens is 348 g/mol. The smallest absolute Gasteiger partial charge is 0.337 e. The fourth-order valence-corrected chi connectivity index (χ4v) is 2.46. The van der Waals surface area contributed by atoms with Gasteiger partial charge in [-0.1, -0.05) is 29.8 Å². The number of rotatable bonds is 7. The molecule has 0 bridgehead atoms. The van der Waals surface area contributed by atoms with E-state index >= 15 is 0 Å². The zero-order chi connectivity index (χ0) is 18.4. The fourth-order valence-electron chi connectivity index (χ4n) is 2.27. The highest BCUT2D eigenvalue weighted by Crippen LogP contribution is 2.27. The van der Waals surface area contributed by atoms with Gasteiger partial charge < -0.3 is 15.2 Å². The number of benzene rings is 2. The summed E-state index contributed by atoms with van der Waals surface area (Å²) in [5, 5.41) is 24.7. The fraction of sp³-hybridized carbons (Fsp3) is 0.235. The van der Waals surface area contributed by atoms with Crippen LogP contribution in [0, 0.1) is 10.1 Å². The molecule has 0 fully saturated rings. The molecule has 25 heavy (non-hydrogen) atoms. The van der Waals surface area contributed by atoms with Crippen molar-refractivity contribution in [1.82, 2.24) is 0 Å². The van der Waals surface area contributed by atoms with Crippen LogP contribution in [0.25, 0.3) is 0 Å². The predicted molar refractivity (Wildman–Crippen MR) is 93.6 cm³/mol. The number of halogens is 1. The molecule has 0 heterocycles. The van der Waals surface area contributed by atoms with Crippen molar-refractivity contribution in [3.05, 3.63) is 69.2 Å². The van der Waals surface area contributed by atoms with Gasteiger partial charge in [-0.05, 0) is 30.7 Å². The second kappa shape index (κ2) is 8.46. The summed E-state index contributed by atoms with van der Waals surface area (Å²) in [6, 6.07) is 11.5. The third-order valence-corrected chi connectivity index (χ3v) is 3.69. The van der Waals surface area contributed by atoms with Gasteiger partial charge in [-0.3, -0.25) is 10.1 Å². The van der Waals surface area contributed by atoms with Gasteiger partial charge in [0, 0.05) is 22.8 Å². The number of hydrogen-bond donors (Lipinski definition) is 2. The first kappa shape index (κ1) is 18.7. The summed E-state index contributed by atoms with van der Waals surface area (Å²) in [7, 11) is 0. The molecule has 7 nitrogen and oxygen atoms in total. The molecule has 0 spiro atoms. The molecule has 0 aromatic heterocycles. The van der Waals surface area contributed by atoms with Gasteiger partial charge in [0.1, 0.15) is 0 Å². The van der Waals surface area contributed by atoms with Gasteiger partial charge in [0.2, 0.25) is 0 Å². The Labute approximate surface area is 149 Å². The Morgan fingerprint density at radius 3 is 2.56 bits per heavy atom. The van der Waals surface area contributed by atoms with Gasteiger partial charge in [0.15, 0.2) is 6.10 Å². The van der Waals surface area contributed by atoms with Crippen LogP contribution in [-0.2, 0) is 9.53 Å². The van der Waals surface area contributed by atoms with Crippen LogP contribution < -0.4 is 5.32 Å². The van der Waals surface area contributed by atoms with Gasteiger partial charge in [0.05, 0.1) is 17.6 Å². The molecule has 0 aliphatic heterocycles. The van der Waals surface area contributed by atoms with Crippen LogP contribution in [0.3, 0.4) is 0 Å². The molecule has 0 aliphatic carbocycles. The van der Waals surface area contributed by atoms with Crippen LogP contribution in [-0.4, -0.2) is 28.7 Å². The number of esters is 1. The minimum absolute atomic E-state index is 0.0871. The van der Waals surface area contributed by atoms with E-state index in [9.17, 15) is 20.0 Å². The molecule has 0 unspecified atom stereocenters. The highest BCUT2D eigenvalue weighted by atomic mass is 35.5. The number of anilines is 1. The van der Waals surface area contributed by atoms with E-state index in [1.807, 2.05) is 0 Å². The summed E-state index contributed by atoms with van der Waals surface area (Å²) in [5.41, 5.74) is 0.987. The molecule has 2 N–H and O–H groups in total. The third-order valence-electron chi connectivity index (χ3n) is 3.45. The first-order valence-corrected chi connectivity index (χ1v) is 7.91. The zero-order valence-electron chi connectivity index (χ0n) is 13.4. The molecular formula is C17H17ClN2O5. The number of aliphatic hydroxyl groups excluding tert-OH is 1. The molecule has 2 rings (SSSR count). The van der Waals surface area contributed by atoms with Crippen LogP contribution in [0.5, 0.6) is 0 Å². The van der Waals surface area contributed by atoms with Crippen LogP contribution in [0.2, 0.25) is 5.02 Å². The lowest BCUT2D eigenvalue weighted by Crippen LogP contribution is -2.34. The van der Waals surface area contributed by atoms with Gasteiger partial charge in [-0.15, -0.1) is 0 Å². The Hall–Kier alpha value is -2.64. The van der Waals surface area contributed by atoms with Crippen molar-refractivity contribution < 1.29 is 19.6 Å². The second-order valence-corrected chi connectivity index (χ2v) is 5.61. The van der Waals surface area contributed by atoms with E-state index in [-0.39, 0.29) is 12.3 Å². The predicted octanol–water partition coefficient (Wildman–Crippen LogP) is 3.33. The Balaban J connectivity index is 2.33. The van der Waals surface area contributed by atoms with Crippen molar-refractivity contribution in [3.63, 3.8) is 0 Å². The summed E-state index contributed by atoms with van der Waals surface area (Å²) in [6.07, 6.45) is -1.50. The van der Waals surface area contributed by atoms with Crippen molar-refractivity contribution in [2.75, 3.05) is 11.9 Å². The first-order chi connectivity index (χ1) is 11.9. The summed E-state index contributed by atoms with van der Waals surface area (Å²) in [6.45, 7) is 1.76. The molecule has 0 radical (unpaired) electrons. The van der Waals surface area contributed by atoms with E-state index in [0.717, 1.165) is 0 Å². The number of non-ortho nitro benzene ring substituents is 1. The second-order valence-electron chi connectivity index (χ2n) is 5.18. The summed E-state index contributed by atoms with van der Waals surface area (Å²) < 4.78 is 4.87. The van der Waals surface area contributed by atoms with Crippen molar-refractivity contribution in [2.45, 2.75) is 19.1 Å². The third kappa shape index (κ3) is 4.91. The number of carbonyl (C=O) groups excluding carboxylic acids is 1. The minimum Gasteiger partial charge on any atom is -0.464 e. The van der Waals surface area contributed by atoms with Gasteiger partial charge in [-0.25, -0.2) is 4.79 Å². The number of nitro benzene ring substituents is 1. The number of carbonyl (C=O) groups is 1. The van der Waals surface area contributed by atoms with Gasteiger partial charge in [-0.2, -0.15) is 0 Å². The molecule has 132 valence electrons. The van der Waals surface area contributed by atoms with E-state index in [1.54, 1.807) is 31.2 Å². The van der Waals surface area contributed by atoms with E-state index in [2.05, 4.69) is 5.32 Å². The lowest BCUT2D eigenvalue weighted by atomic mass is 10.0. The summed E-state index contributed by atoms with van der Waals surface area (Å²) in [4.78, 5) is 22.2. The highest BCUT2D eigenvalue weighted by molar-refractivity contribution is 6.30. The SMILES string of the molecule is CCOC(=O)[C@H](O)[C@@H](Nc1cccc(Cl)c1)c1ccc([N+](=O)[O-])cc1. The van der Waals surface area contributed by atoms with Crippen molar-refractivity contribution in [3.8, 4) is 0 Å². The standard InChI is InChI=1S/C17H17ClN2O5/c1-2-25-17(22)16(21)15(19-13-5-3-4-12(18)10-13)11-6-8-14(9-7-11)20(23)24/h3-10,15-16,19,21H,2H2,1H3/t15-,16+/m0/s1. The number of hydrogen-bond acceptors (Lipinski definition) is 6. The number of aliphatic hydroxyl groups is 1. The molecule has 0 saturated heterocycles. The van der Waals surface area contributed by atoms with E-state index in [4.69, 9.17) is 16.3 Å². The summed E-state index contributed by atoms with van der Waals surface area (Å²) in [5.74, 6) is -0.791. The monoisotopic (exact) mass is 364 g/mol. The average Bonchev–Trinajstić information content (AvgIpc) is 2.59. The van der Waals surface area contributed by atoms with Crippen molar-refractivity contribution in [1.29, 1.82) is 0 Å². The van der Waals surface area contributed by atoms with Crippen LogP contribution >= 0.6 is 11.6 Å². The van der Waals surface area contributed by atoms with E-state index in [1.165, 1.54) is 24.3 Å². The molecule has 2 atom stereocenters. The minimum atomic E-state index is -1.50. The largest absolute Gasteiger partial charge is 0.464 e. The van der Waals surface area contributed by atoms with Crippen LogP contribution in [0.1, 0.15) is 18.5 Å². The molecule has 0 aliphatic rings. The lowest BCUT2D eigenvalue weighted by Gasteiger charge is -2.24. The average molecular weight is 365 g/mol. The number of nitro groups is 1. The number of nitrogens with zero attached hydrogens (tertiary/aromatic N) is 1. The molecule has 8 heteroatoms. The first-order valence-electron chi connectivity index (χ1n) is 7.53. The molecule has 0 amide bonds. The summed E-state index contributed by atoms with van der Waals surface area (Å²) >= 11 is 5.95. The van der Waals surface area contributed by atoms with Gasteiger partial charge in [0.25, 0.3) is 5.69 Å². The van der Waals surface area contributed by atoms with Crippen molar-refractivity contribution >= 4 is 28.9 Å². The van der Waals surface area contributed by atoms with Gasteiger partial charge >= 0.3 is 5.97 Å².